The lowest BCUT2D eigenvalue weighted by atomic mass is 9.96. The van der Waals surface area contributed by atoms with Crippen LogP contribution in [-0.4, -0.2) is 17.4 Å². The second kappa shape index (κ2) is 2.27. The van der Waals surface area contributed by atoms with E-state index in [9.17, 15) is 4.79 Å². The van der Waals surface area contributed by atoms with Crippen LogP contribution in [0.15, 0.2) is 23.0 Å². The summed E-state index contributed by atoms with van der Waals surface area (Å²) in [6.45, 7) is 0. The highest BCUT2D eigenvalue weighted by atomic mass is 16.1. The molecule has 0 bridgehead atoms. The second-order valence-electron chi connectivity index (χ2n) is 2.77. The van der Waals surface area contributed by atoms with Gasteiger partial charge in [0.15, 0.2) is 0 Å². The molecule has 1 aromatic carbocycles. The van der Waals surface area contributed by atoms with Crippen LogP contribution in [0.1, 0.15) is 0 Å². The molecule has 1 N–H and O–H groups in total. The molecule has 0 amide bonds. The first-order valence-electron chi connectivity index (χ1n) is 3.63. The van der Waals surface area contributed by atoms with Crippen molar-refractivity contribution < 1.29 is 0 Å². The highest BCUT2D eigenvalue weighted by Gasteiger charge is 2.00. The minimum atomic E-state index is -0.115. The van der Waals surface area contributed by atoms with E-state index < -0.39 is 0 Å². The van der Waals surface area contributed by atoms with Crippen LogP contribution < -0.4 is 11.2 Å². The molecular weight excluding hydrogens is 151 g/mol. The van der Waals surface area contributed by atoms with Crippen LogP contribution in [0.5, 0.6) is 0 Å². The summed E-state index contributed by atoms with van der Waals surface area (Å²) in [5.41, 5.74) is 2.20. The standard InChI is InChI=1S/C8H7BN2O/c1-11-7-4-5(9)2-3-6(7)10-8(11)12/h2-4H,1H3,(H,10,12). The molecule has 4 heteroatoms. The van der Waals surface area contributed by atoms with Crippen molar-refractivity contribution in [2.24, 2.45) is 7.05 Å². The molecule has 0 saturated heterocycles. The number of aromatic amines is 1. The summed E-state index contributed by atoms with van der Waals surface area (Å²) >= 11 is 0. The number of aryl methyl sites for hydroxylation is 1. The first-order chi connectivity index (χ1) is 5.68. The van der Waals surface area contributed by atoms with Crippen molar-refractivity contribution in [3.05, 3.63) is 28.7 Å². The van der Waals surface area contributed by atoms with Crippen molar-refractivity contribution in [1.82, 2.24) is 9.55 Å². The normalized spacial score (nSPS) is 10.8. The average Bonchev–Trinajstić information content (AvgIpc) is 2.31. The Morgan fingerprint density at radius 2 is 2.25 bits per heavy atom. The Morgan fingerprint density at radius 1 is 1.50 bits per heavy atom. The van der Waals surface area contributed by atoms with Gasteiger partial charge in [-0.2, -0.15) is 0 Å². The van der Waals surface area contributed by atoms with Gasteiger partial charge < -0.3 is 4.98 Å². The molecule has 0 aliphatic rings. The van der Waals surface area contributed by atoms with Gasteiger partial charge in [-0.15, -0.1) is 0 Å². The molecule has 0 fully saturated rings. The zero-order valence-electron chi connectivity index (χ0n) is 6.66. The zero-order chi connectivity index (χ0) is 8.72. The van der Waals surface area contributed by atoms with Crippen LogP contribution in [0.4, 0.5) is 0 Å². The smallest absolute Gasteiger partial charge is 0.306 e. The molecule has 3 nitrogen and oxygen atoms in total. The molecule has 2 radical (unpaired) electrons. The van der Waals surface area contributed by atoms with Crippen molar-refractivity contribution in [2.45, 2.75) is 0 Å². The van der Waals surface area contributed by atoms with E-state index in [0.29, 0.717) is 5.46 Å². The average molecular weight is 158 g/mol. The van der Waals surface area contributed by atoms with Crippen LogP contribution >= 0.6 is 0 Å². The molecule has 0 aliphatic carbocycles. The molecule has 2 rings (SSSR count). The van der Waals surface area contributed by atoms with Gasteiger partial charge in [0.1, 0.15) is 7.85 Å². The van der Waals surface area contributed by atoms with E-state index in [1.54, 1.807) is 25.2 Å². The van der Waals surface area contributed by atoms with E-state index in [0.717, 1.165) is 11.0 Å². The molecule has 0 atom stereocenters. The van der Waals surface area contributed by atoms with E-state index in [1.807, 2.05) is 0 Å². The van der Waals surface area contributed by atoms with Crippen LogP contribution in [0.2, 0.25) is 0 Å². The number of hydrogen-bond acceptors (Lipinski definition) is 1. The lowest BCUT2D eigenvalue weighted by Gasteiger charge is -1.94. The topological polar surface area (TPSA) is 37.8 Å². The Bertz CT molecular complexity index is 483. The van der Waals surface area contributed by atoms with E-state index in [4.69, 9.17) is 7.85 Å². The summed E-state index contributed by atoms with van der Waals surface area (Å²) in [6.07, 6.45) is 0. The minimum absolute atomic E-state index is 0.115. The van der Waals surface area contributed by atoms with E-state index >= 15 is 0 Å². The minimum Gasteiger partial charge on any atom is -0.306 e. The first kappa shape index (κ1) is 7.22. The summed E-state index contributed by atoms with van der Waals surface area (Å²) < 4.78 is 1.53. The van der Waals surface area contributed by atoms with Gasteiger partial charge >= 0.3 is 5.69 Å². The fraction of sp³-hybridized carbons (Fsp3) is 0.125. The van der Waals surface area contributed by atoms with E-state index in [1.165, 1.54) is 4.57 Å². The molecule has 1 aromatic heterocycles. The summed E-state index contributed by atoms with van der Waals surface area (Å²) in [7, 11) is 7.28. The second-order valence-corrected chi connectivity index (χ2v) is 2.77. The van der Waals surface area contributed by atoms with Crippen LogP contribution in [-0.2, 0) is 7.05 Å². The number of nitrogens with zero attached hydrogens (tertiary/aromatic N) is 1. The first-order valence-corrected chi connectivity index (χ1v) is 3.63. The van der Waals surface area contributed by atoms with Crippen molar-refractivity contribution in [3.63, 3.8) is 0 Å². The number of imidazole rings is 1. The van der Waals surface area contributed by atoms with Gasteiger partial charge in [0.25, 0.3) is 0 Å². The number of rotatable bonds is 0. The number of nitrogens with one attached hydrogen (secondary N) is 1. The maximum absolute atomic E-state index is 11.1. The monoisotopic (exact) mass is 158 g/mol. The number of hydrogen-bond donors (Lipinski definition) is 1. The molecule has 0 saturated carbocycles. The van der Waals surface area contributed by atoms with Gasteiger partial charge in [-0.05, 0) is 12.1 Å². The summed E-state index contributed by atoms with van der Waals surface area (Å²) in [5, 5.41) is 0. The summed E-state index contributed by atoms with van der Waals surface area (Å²) in [5.74, 6) is 0. The maximum atomic E-state index is 11.1. The fourth-order valence-electron chi connectivity index (χ4n) is 1.24. The van der Waals surface area contributed by atoms with Crippen molar-refractivity contribution in [1.29, 1.82) is 0 Å². The van der Waals surface area contributed by atoms with Gasteiger partial charge in [-0.1, -0.05) is 11.5 Å². The third-order valence-corrected chi connectivity index (χ3v) is 1.93. The molecule has 12 heavy (non-hydrogen) atoms. The SMILES string of the molecule is [B]c1ccc2[nH]c(=O)n(C)c2c1. The zero-order valence-corrected chi connectivity index (χ0v) is 6.66. The Balaban J connectivity index is 2.98. The lowest BCUT2D eigenvalue weighted by Crippen LogP contribution is -2.12. The molecular formula is C8H7BN2O. The highest BCUT2D eigenvalue weighted by molar-refractivity contribution is 6.33. The number of benzene rings is 1. The molecule has 58 valence electrons. The van der Waals surface area contributed by atoms with Crippen molar-refractivity contribution in [3.8, 4) is 0 Å². The molecule has 1 heterocycles. The van der Waals surface area contributed by atoms with Gasteiger partial charge in [-0.25, -0.2) is 4.79 Å². The van der Waals surface area contributed by atoms with Crippen LogP contribution in [0, 0.1) is 0 Å². The van der Waals surface area contributed by atoms with Crippen LogP contribution in [0.25, 0.3) is 11.0 Å². The Kier molecular flexibility index (Phi) is 1.36. The molecule has 0 spiro atoms. The fourth-order valence-corrected chi connectivity index (χ4v) is 1.24. The van der Waals surface area contributed by atoms with Gasteiger partial charge in [0, 0.05) is 7.05 Å². The van der Waals surface area contributed by atoms with Crippen LogP contribution in [0.3, 0.4) is 0 Å². The molecule has 0 unspecified atom stereocenters. The Hall–Kier alpha value is -1.45. The summed E-state index contributed by atoms with van der Waals surface area (Å²) in [6, 6.07) is 5.33. The predicted molar refractivity (Wildman–Crippen MR) is 48.9 cm³/mol. The van der Waals surface area contributed by atoms with Crippen molar-refractivity contribution in [2.75, 3.05) is 0 Å². The number of aromatic nitrogens is 2. The Labute approximate surface area is 70.4 Å². The van der Waals surface area contributed by atoms with Gasteiger partial charge in [0.2, 0.25) is 0 Å². The lowest BCUT2D eigenvalue weighted by molar-refractivity contribution is 0.892. The number of H-pyrrole nitrogens is 1. The Morgan fingerprint density at radius 3 is 3.00 bits per heavy atom. The third kappa shape index (κ3) is 0.880. The quantitative estimate of drug-likeness (QED) is 0.523. The predicted octanol–water partition coefficient (Wildman–Crippen LogP) is -0.340. The van der Waals surface area contributed by atoms with Crippen molar-refractivity contribution >= 4 is 24.3 Å². The highest BCUT2D eigenvalue weighted by Crippen LogP contribution is 2.04. The molecule has 0 aliphatic heterocycles. The van der Waals surface area contributed by atoms with Gasteiger partial charge in [-0.3, -0.25) is 4.57 Å². The molecule has 2 aromatic rings. The number of fused-ring (bicyclic) bond motifs is 1. The van der Waals surface area contributed by atoms with Gasteiger partial charge in [0.05, 0.1) is 11.0 Å². The largest absolute Gasteiger partial charge is 0.326 e. The summed E-state index contributed by atoms with van der Waals surface area (Å²) in [4.78, 5) is 13.8. The third-order valence-electron chi connectivity index (χ3n) is 1.93. The van der Waals surface area contributed by atoms with E-state index in [2.05, 4.69) is 4.98 Å². The van der Waals surface area contributed by atoms with E-state index in [-0.39, 0.29) is 5.69 Å². The maximum Gasteiger partial charge on any atom is 0.326 e.